The number of hydrogen-bond donors (Lipinski definition) is 1. The second-order valence-corrected chi connectivity index (χ2v) is 4.96. The van der Waals surface area contributed by atoms with E-state index in [1.165, 1.54) is 20.0 Å². The number of benzene rings is 1. The van der Waals surface area contributed by atoms with Crippen LogP contribution in [0.2, 0.25) is 0 Å². The third-order valence-corrected chi connectivity index (χ3v) is 3.07. The van der Waals surface area contributed by atoms with E-state index in [0.717, 1.165) is 22.6 Å². The Bertz CT molecular complexity index is 402. The molecule has 0 unspecified atom stereocenters. The zero-order chi connectivity index (χ0) is 11.5. The van der Waals surface area contributed by atoms with Crippen LogP contribution >= 0.6 is 15.9 Å². The summed E-state index contributed by atoms with van der Waals surface area (Å²) in [4.78, 5) is 11.4. The number of rotatable bonds is 4. The summed E-state index contributed by atoms with van der Waals surface area (Å²) in [5, 5.41) is 3.33. The lowest BCUT2D eigenvalue weighted by Crippen LogP contribution is -2.06. The van der Waals surface area contributed by atoms with Crippen LogP contribution in [0.15, 0.2) is 22.7 Å². The van der Waals surface area contributed by atoms with Crippen LogP contribution in [0.5, 0.6) is 0 Å². The number of nitrogens with one attached hydrogen (secondary N) is 1. The van der Waals surface area contributed by atoms with Crippen LogP contribution in [0.25, 0.3) is 0 Å². The highest BCUT2D eigenvalue weighted by Gasteiger charge is 2.20. The summed E-state index contributed by atoms with van der Waals surface area (Å²) >= 11 is 3.39. The smallest absolute Gasteiger partial charge is 0.337 e. The van der Waals surface area contributed by atoms with Gasteiger partial charge < -0.3 is 10.1 Å². The molecule has 1 aliphatic rings. The lowest BCUT2D eigenvalue weighted by atomic mass is 10.2. The Balaban J connectivity index is 2.10. The summed E-state index contributed by atoms with van der Waals surface area (Å²) in [5.41, 5.74) is 1.52. The first kappa shape index (κ1) is 11.5. The Morgan fingerprint density at radius 3 is 2.88 bits per heavy atom. The molecular weight excluding hydrogens is 270 g/mol. The number of carbonyl (C=O) groups excluding carboxylic acids is 1. The maximum atomic E-state index is 11.4. The van der Waals surface area contributed by atoms with Crippen molar-refractivity contribution in [2.45, 2.75) is 12.8 Å². The van der Waals surface area contributed by atoms with E-state index in [-0.39, 0.29) is 5.97 Å². The number of methoxy groups -OCH3 is 1. The molecule has 0 atom stereocenters. The van der Waals surface area contributed by atoms with Crippen molar-refractivity contribution >= 4 is 27.6 Å². The van der Waals surface area contributed by atoms with E-state index in [1.807, 2.05) is 12.1 Å². The Labute approximate surface area is 103 Å². The van der Waals surface area contributed by atoms with Gasteiger partial charge in [0.15, 0.2) is 0 Å². The van der Waals surface area contributed by atoms with Gasteiger partial charge in [0.1, 0.15) is 0 Å². The molecule has 1 aromatic rings. The number of ether oxygens (including phenoxy) is 1. The van der Waals surface area contributed by atoms with Crippen LogP contribution in [0.3, 0.4) is 0 Å². The summed E-state index contributed by atoms with van der Waals surface area (Å²) in [5.74, 6) is 0.497. The van der Waals surface area contributed by atoms with Gasteiger partial charge in [-0.1, -0.05) is 15.9 Å². The highest BCUT2D eigenvalue weighted by Crippen LogP contribution is 2.29. The maximum Gasteiger partial charge on any atom is 0.337 e. The normalized spacial score (nSPS) is 14.6. The predicted octanol–water partition coefficient (Wildman–Crippen LogP) is 3.06. The Kier molecular flexibility index (Phi) is 3.49. The largest absolute Gasteiger partial charge is 0.465 e. The molecule has 2 rings (SSSR count). The molecule has 0 aliphatic heterocycles. The second-order valence-electron chi connectivity index (χ2n) is 4.04. The van der Waals surface area contributed by atoms with Crippen molar-refractivity contribution in [2.75, 3.05) is 19.0 Å². The van der Waals surface area contributed by atoms with Gasteiger partial charge in [-0.05, 0) is 37.0 Å². The van der Waals surface area contributed by atoms with Crippen molar-refractivity contribution in [1.29, 1.82) is 0 Å². The van der Waals surface area contributed by atoms with Gasteiger partial charge in [0.05, 0.1) is 12.7 Å². The molecule has 0 aromatic heterocycles. The van der Waals surface area contributed by atoms with E-state index in [4.69, 9.17) is 4.74 Å². The molecule has 1 fully saturated rings. The average Bonchev–Trinajstić information content (AvgIpc) is 3.08. The number of carbonyl (C=O) groups is 1. The van der Waals surface area contributed by atoms with Gasteiger partial charge in [-0.3, -0.25) is 0 Å². The topological polar surface area (TPSA) is 38.3 Å². The quantitative estimate of drug-likeness (QED) is 0.864. The van der Waals surface area contributed by atoms with Gasteiger partial charge in [0, 0.05) is 16.7 Å². The number of hydrogen-bond acceptors (Lipinski definition) is 3. The molecule has 16 heavy (non-hydrogen) atoms. The van der Waals surface area contributed by atoms with Crippen molar-refractivity contribution in [3.63, 3.8) is 0 Å². The number of esters is 1. The molecule has 0 saturated heterocycles. The van der Waals surface area contributed by atoms with Crippen molar-refractivity contribution in [2.24, 2.45) is 5.92 Å². The Hall–Kier alpha value is -1.03. The van der Waals surface area contributed by atoms with Crippen molar-refractivity contribution in [1.82, 2.24) is 0 Å². The summed E-state index contributed by atoms with van der Waals surface area (Å²) in [7, 11) is 1.39. The lowest BCUT2D eigenvalue weighted by Gasteiger charge is -2.08. The molecule has 0 radical (unpaired) electrons. The first-order chi connectivity index (χ1) is 7.69. The van der Waals surface area contributed by atoms with Crippen molar-refractivity contribution in [3.05, 3.63) is 28.2 Å². The summed E-state index contributed by atoms with van der Waals surface area (Å²) in [6.45, 7) is 0.983. The third kappa shape index (κ3) is 2.98. The zero-order valence-corrected chi connectivity index (χ0v) is 10.7. The van der Waals surface area contributed by atoms with Crippen LogP contribution in [-0.4, -0.2) is 19.6 Å². The van der Waals surface area contributed by atoms with E-state index in [0.29, 0.717) is 5.56 Å². The summed E-state index contributed by atoms with van der Waals surface area (Å²) in [6, 6.07) is 5.54. The third-order valence-electron chi connectivity index (χ3n) is 2.61. The fourth-order valence-electron chi connectivity index (χ4n) is 1.51. The van der Waals surface area contributed by atoms with Crippen molar-refractivity contribution in [3.8, 4) is 0 Å². The van der Waals surface area contributed by atoms with E-state index in [9.17, 15) is 4.79 Å². The van der Waals surface area contributed by atoms with E-state index in [1.54, 1.807) is 6.07 Å². The predicted molar refractivity (Wildman–Crippen MR) is 66.7 cm³/mol. The van der Waals surface area contributed by atoms with Crippen LogP contribution < -0.4 is 5.32 Å². The average molecular weight is 284 g/mol. The fourth-order valence-corrected chi connectivity index (χ4v) is 2.00. The standard InChI is InChI=1S/C12H14BrNO2/c1-16-12(15)9-4-10(13)6-11(5-9)14-7-8-2-3-8/h4-6,8,14H,2-3,7H2,1H3. The summed E-state index contributed by atoms with van der Waals surface area (Å²) < 4.78 is 5.58. The van der Waals surface area contributed by atoms with E-state index >= 15 is 0 Å². The molecule has 86 valence electrons. The van der Waals surface area contributed by atoms with Gasteiger partial charge in [0.2, 0.25) is 0 Å². The fraction of sp³-hybridized carbons (Fsp3) is 0.417. The SMILES string of the molecule is COC(=O)c1cc(Br)cc(NCC2CC2)c1. The lowest BCUT2D eigenvalue weighted by molar-refractivity contribution is 0.0600. The van der Waals surface area contributed by atoms with Gasteiger partial charge in [-0.25, -0.2) is 4.79 Å². The van der Waals surface area contributed by atoms with Gasteiger partial charge in [-0.15, -0.1) is 0 Å². The molecule has 1 N–H and O–H groups in total. The first-order valence-electron chi connectivity index (χ1n) is 5.32. The molecule has 4 heteroatoms. The summed E-state index contributed by atoms with van der Waals surface area (Å²) in [6.07, 6.45) is 2.62. The molecule has 1 aromatic carbocycles. The highest BCUT2D eigenvalue weighted by atomic mass is 79.9. The minimum Gasteiger partial charge on any atom is -0.465 e. The van der Waals surface area contributed by atoms with Crippen LogP contribution in [0.1, 0.15) is 23.2 Å². The van der Waals surface area contributed by atoms with Gasteiger partial charge in [-0.2, -0.15) is 0 Å². The van der Waals surface area contributed by atoms with Gasteiger partial charge in [0.25, 0.3) is 0 Å². The minimum atomic E-state index is -0.309. The molecule has 0 amide bonds. The molecule has 0 heterocycles. The van der Waals surface area contributed by atoms with E-state index in [2.05, 4.69) is 21.2 Å². The maximum absolute atomic E-state index is 11.4. The molecular formula is C12H14BrNO2. The van der Waals surface area contributed by atoms with Crippen LogP contribution in [0.4, 0.5) is 5.69 Å². The molecule has 0 spiro atoms. The van der Waals surface area contributed by atoms with E-state index < -0.39 is 0 Å². The Morgan fingerprint density at radius 2 is 2.25 bits per heavy atom. The zero-order valence-electron chi connectivity index (χ0n) is 9.13. The number of halogens is 1. The molecule has 3 nitrogen and oxygen atoms in total. The van der Waals surface area contributed by atoms with Crippen LogP contribution in [0, 0.1) is 5.92 Å². The monoisotopic (exact) mass is 283 g/mol. The molecule has 0 bridgehead atoms. The van der Waals surface area contributed by atoms with Crippen molar-refractivity contribution < 1.29 is 9.53 Å². The van der Waals surface area contributed by atoms with Crippen LogP contribution in [-0.2, 0) is 4.74 Å². The Morgan fingerprint density at radius 1 is 1.50 bits per heavy atom. The number of anilines is 1. The second kappa shape index (κ2) is 4.87. The first-order valence-corrected chi connectivity index (χ1v) is 6.11. The molecule has 1 saturated carbocycles. The minimum absolute atomic E-state index is 0.309. The van der Waals surface area contributed by atoms with Gasteiger partial charge >= 0.3 is 5.97 Å². The molecule has 1 aliphatic carbocycles. The highest BCUT2D eigenvalue weighted by molar-refractivity contribution is 9.10.